The smallest absolute Gasteiger partial charge is 0.332 e. The van der Waals surface area contributed by atoms with E-state index < -0.39 is 6.10 Å². The fourth-order valence-corrected chi connectivity index (χ4v) is 1.52. The van der Waals surface area contributed by atoms with Crippen LogP contribution < -0.4 is 0 Å². The fraction of sp³-hybridized carbons (Fsp3) is 0.100. The van der Waals surface area contributed by atoms with Crippen molar-refractivity contribution in [1.29, 1.82) is 0 Å². The molecule has 1 aromatic rings. The van der Waals surface area contributed by atoms with Crippen molar-refractivity contribution >= 4 is 11.5 Å². The van der Waals surface area contributed by atoms with Crippen molar-refractivity contribution in [2.24, 2.45) is 0 Å². The first kappa shape index (κ1) is 8.69. The van der Waals surface area contributed by atoms with Gasteiger partial charge in [0, 0.05) is 5.56 Å². The average Bonchev–Trinajstić information content (AvgIpc) is 2.18. The van der Waals surface area contributed by atoms with E-state index in [0.717, 1.165) is 0 Å². The Hall–Kier alpha value is -1.90. The lowest BCUT2D eigenvalue weighted by Crippen LogP contribution is -2.25. The lowest BCUT2D eigenvalue weighted by atomic mass is 9.92. The maximum absolute atomic E-state index is 9.51. The molecule has 4 nitrogen and oxygen atoms in total. The van der Waals surface area contributed by atoms with Crippen molar-refractivity contribution in [2.75, 3.05) is 0 Å². The van der Waals surface area contributed by atoms with Gasteiger partial charge in [-0.25, -0.2) is 0 Å². The summed E-state index contributed by atoms with van der Waals surface area (Å²) < 4.78 is 0. The van der Waals surface area contributed by atoms with Crippen LogP contribution >= 0.6 is 0 Å². The van der Waals surface area contributed by atoms with Crippen LogP contribution in [0.1, 0.15) is 11.1 Å². The predicted octanol–water partition coefficient (Wildman–Crippen LogP) is 0.979. The normalized spacial score (nSPS) is 19.6. The highest BCUT2D eigenvalue weighted by Crippen LogP contribution is 2.23. The predicted molar refractivity (Wildman–Crippen MR) is 50.8 cm³/mol. The molecule has 0 aromatic heterocycles. The van der Waals surface area contributed by atoms with Crippen molar-refractivity contribution in [2.45, 2.75) is 6.10 Å². The summed E-state index contributed by atoms with van der Waals surface area (Å²) in [6, 6.07) is 6.87. The van der Waals surface area contributed by atoms with Crippen molar-refractivity contribution in [1.82, 2.24) is 0 Å². The van der Waals surface area contributed by atoms with Gasteiger partial charge < -0.3 is 15.7 Å². The summed E-state index contributed by atoms with van der Waals surface area (Å²) in [4.78, 5) is 3.02. The van der Waals surface area contributed by atoms with Crippen molar-refractivity contribution in [3.05, 3.63) is 47.0 Å². The third-order valence-electron chi connectivity index (χ3n) is 2.18. The molecule has 0 radical (unpaired) electrons. The SMILES string of the molecule is [N-]=[N+]=C1c2ccccc2C(O)=CC1O. The molecule has 0 spiro atoms. The Kier molecular flexibility index (Phi) is 1.93. The van der Waals surface area contributed by atoms with Crippen molar-refractivity contribution in [3.63, 3.8) is 0 Å². The molecule has 0 saturated carbocycles. The van der Waals surface area contributed by atoms with E-state index in [2.05, 4.69) is 4.79 Å². The summed E-state index contributed by atoms with van der Waals surface area (Å²) in [6.07, 6.45) is 0.173. The van der Waals surface area contributed by atoms with E-state index in [-0.39, 0.29) is 11.5 Å². The molecule has 1 aliphatic rings. The van der Waals surface area contributed by atoms with Gasteiger partial charge >= 0.3 is 5.71 Å². The van der Waals surface area contributed by atoms with Crippen LogP contribution in [0.5, 0.6) is 0 Å². The molecule has 0 fully saturated rings. The van der Waals surface area contributed by atoms with E-state index >= 15 is 0 Å². The lowest BCUT2D eigenvalue weighted by molar-refractivity contribution is -0.0160. The van der Waals surface area contributed by atoms with Crippen LogP contribution in [0.3, 0.4) is 0 Å². The van der Waals surface area contributed by atoms with Gasteiger partial charge in [0.2, 0.25) is 0 Å². The van der Waals surface area contributed by atoms with Crippen molar-refractivity contribution in [3.8, 4) is 0 Å². The maximum atomic E-state index is 9.51. The van der Waals surface area contributed by atoms with Gasteiger partial charge in [-0.2, -0.15) is 4.79 Å². The minimum atomic E-state index is -1.06. The third kappa shape index (κ3) is 1.14. The molecular formula is C10H8N2O2. The van der Waals surface area contributed by atoms with Crippen LogP contribution in [0.4, 0.5) is 0 Å². The Labute approximate surface area is 80.4 Å². The van der Waals surface area contributed by atoms with E-state index in [9.17, 15) is 10.2 Å². The minimum absolute atomic E-state index is 0.000463. The maximum Gasteiger partial charge on any atom is 0.332 e. The summed E-state index contributed by atoms with van der Waals surface area (Å²) in [7, 11) is 0. The molecule has 2 rings (SSSR count). The third-order valence-corrected chi connectivity index (χ3v) is 2.18. The summed E-state index contributed by atoms with van der Waals surface area (Å²) in [5.74, 6) is 0.000463. The molecule has 14 heavy (non-hydrogen) atoms. The Bertz CT molecular complexity index is 459. The van der Waals surface area contributed by atoms with Crippen LogP contribution in [0.25, 0.3) is 11.3 Å². The largest absolute Gasteiger partial charge is 0.508 e. The number of benzene rings is 1. The second kappa shape index (κ2) is 3.10. The highest BCUT2D eigenvalue weighted by molar-refractivity contribution is 6.07. The Morgan fingerprint density at radius 1 is 1.21 bits per heavy atom. The number of hydrogen-bond donors (Lipinski definition) is 2. The van der Waals surface area contributed by atoms with Gasteiger partial charge in [-0.3, -0.25) is 0 Å². The highest BCUT2D eigenvalue weighted by Gasteiger charge is 2.30. The topological polar surface area (TPSA) is 76.9 Å². The second-order valence-electron chi connectivity index (χ2n) is 3.03. The van der Waals surface area contributed by atoms with Crippen LogP contribution in [0, 0.1) is 0 Å². The van der Waals surface area contributed by atoms with Gasteiger partial charge in [0.25, 0.3) is 0 Å². The first-order valence-corrected chi connectivity index (χ1v) is 4.14. The van der Waals surface area contributed by atoms with Gasteiger partial charge in [-0.1, -0.05) is 18.2 Å². The molecule has 70 valence electrons. The first-order chi connectivity index (χ1) is 6.74. The van der Waals surface area contributed by atoms with Gasteiger partial charge in [0.05, 0.1) is 5.56 Å². The summed E-state index contributed by atoms with van der Waals surface area (Å²) in [5.41, 5.74) is 9.97. The van der Waals surface area contributed by atoms with E-state index in [1.165, 1.54) is 6.08 Å². The molecule has 1 aromatic carbocycles. The molecular weight excluding hydrogens is 180 g/mol. The van der Waals surface area contributed by atoms with E-state index in [1.807, 2.05) is 0 Å². The van der Waals surface area contributed by atoms with Crippen LogP contribution in [-0.2, 0) is 0 Å². The molecule has 0 saturated heterocycles. The van der Waals surface area contributed by atoms with Gasteiger partial charge in [-0.15, -0.1) is 0 Å². The molecule has 1 unspecified atom stereocenters. The molecule has 1 aliphatic carbocycles. The van der Waals surface area contributed by atoms with E-state index in [4.69, 9.17) is 5.53 Å². The van der Waals surface area contributed by atoms with Crippen LogP contribution in [0.2, 0.25) is 0 Å². The Morgan fingerprint density at radius 3 is 2.50 bits per heavy atom. The van der Waals surface area contributed by atoms with Gasteiger partial charge in [0.15, 0.2) is 6.10 Å². The molecule has 0 aliphatic heterocycles. The molecule has 0 heterocycles. The molecule has 0 amide bonds. The average molecular weight is 188 g/mol. The second-order valence-corrected chi connectivity index (χ2v) is 3.03. The summed E-state index contributed by atoms with van der Waals surface area (Å²) >= 11 is 0. The number of aliphatic hydroxyl groups is 2. The quantitative estimate of drug-likeness (QED) is 0.470. The van der Waals surface area contributed by atoms with Crippen LogP contribution in [0.15, 0.2) is 30.3 Å². The standard InChI is InChI=1S/C10H8N2O2/c11-12-10-7-4-2-1-3-6(7)8(13)5-9(10)14/h1-5,9,13-14H. The summed E-state index contributed by atoms with van der Waals surface area (Å²) in [5, 5.41) is 19.0. The highest BCUT2D eigenvalue weighted by atomic mass is 16.3. The molecule has 4 heteroatoms. The number of rotatable bonds is 0. The van der Waals surface area contributed by atoms with Crippen molar-refractivity contribution < 1.29 is 15.0 Å². The number of nitrogens with zero attached hydrogens (tertiary/aromatic N) is 2. The lowest BCUT2D eigenvalue weighted by Gasteiger charge is -2.13. The monoisotopic (exact) mass is 188 g/mol. The fourth-order valence-electron chi connectivity index (χ4n) is 1.52. The number of fused-ring (bicyclic) bond motifs is 1. The summed E-state index contributed by atoms with van der Waals surface area (Å²) in [6.45, 7) is 0. The number of aliphatic hydroxyl groups excluding tert-OH is 2. The first-order valence-electron chi connectivity index (χ1n) is 4.14. The van der Waals surface area contributed by atoms with Gasteiger partial charge in [-0.05, 0) is 12.1 Å². The molecule has 0 bridgehead atoms. The van der Waals surface area contributed by atoms with Crippen LogP contribution in [-0.4, -0.2) is 26.8 Å². The zero-order valence-corrected chi connectivity index (χ0v) is 7.25. The minimum Gasteiger partial charge on any atom is -0.508 e. The Morgan fingerprint density at radius 2 is 1.86 bits per heavy atom. The molecule has 1 atom stereocenters. The van der Waals surface area contributed by atoms with Gasteiger partial charge in [0.1, 0.15) is 5.76 Å². The van der Waals surface area contributed by atoms with E-state index in [0.29, 0.717) is 11.1 Å². The number of hydrogen-bond acceptors (Lipinski definition) is 2. The zero-order valence-electron chi connectivity index (χ0n) is 7.25. The Balaban J connectivity index is 2.72. The van der Waals surface area contributed by atoms with E-state index in [1.54, 1.807) is 24.3 Å². The zero-order chi connectivity index (χ0) is 10.1. The molecule has 2 N–H and O–H groups in total.